The zero-order valence-electron chi connectivity index (χ0n) is 16.1. The van der Waals surface area contributed by atoms with Crippen LogP contribution in [0.1, 0.15) is 58.9 Å². The number of hydrogen-bond acceptors (Lipinski definition) is 4. The van der Waals surface area contributed by atoms with Crippen molar-refractivity contribution in [2.45, 2.75) is 39.5 Å². The van der Waals surface area contributed by atoms with Crippen LogP contribution in [0.5, 0.6) is 0 Å². The highest BCUT2D eigenvalue weighted by Gasteiger charge is 2.32. The molecule has 150 valence electrons. The van der Waals surface area contributed by atoms with Gasteiger partial charge in [-0.25, -0.2) is 14.1 Å². The van der Waals surface area contributed by atoms with Crippen molar-refractivity contribution in [2.24, 2.45) is 4.99 Å². The molecule has 0 fully saturated rings. The van der Waals surface area contributed by atoms with Crippen molar-refractivity contribution in [1.82, 2.24) is 5.32 Å². The summed E-state index contributed by atoms with van der Waals surface area (Å²) in [5.74, 6) is -2.53. The van der Waals surface area contributed by atoms with E-state index >= 15 is 0 Å². The summed E-state index contributed by atoms with van der Waals surface area (Å²) in [6.45, 7) is 4.25. The number of quaternary nitrogens is 1. The van der Waals surface area contributed by atoms with Crippen LogP contribution in [0, 0.1) is 6.92 Å². The molecule has 1 aromatic carbocycles. The third kappa shape index (κ3) is 5.50. The molecule has 8 nitrogen and oxygen atoms in total. The molecule has 28 heavy (non-hydrogen) atoms. The number of unbranched alkanes of at least 4 members (excludes halogenated alkanes) is 3. The zero-order chi connectivity index (χ0) is 20.7. The van der Waals surface area contributed by atoms with E-state index in [0.29, 0.717) is 6.54 Å². The summed E-state index contributed by atoms with van der Waals surface area (Å²) in [7, 11) is 0. The van der Waals surface area contributed by atoms with Gasteiger partial charge in [0, 0.05) is 0 Å². The van der Waals surface area contributed by atoms with E-state index in [1.54, 1.807) is 19.2 Å². The second-order valence-electron chi connectivity index (χ2n) is 7.01. The molecule has 1 atom stereocenters. The van der Waals surface area contributed by atoms with E-state index in [1.165, 1.54) is 18.5 Å². The average molecular weight is 388 g/mol. The second kappa shape index (κ2) is 9.27. The molecule has 1 aliphatic rings. The number of benzene rings is 1. The summed E-state index contributed by atoms with van der Waals surface area (Å²) < 4.78 is 0.0222. The van der Waals surface area contributed by atoms with Crippen LogP contribution in [0.3, 0.4) is 0 Å². The van der Waals surface area contributed by atoms with Crippen molar-refractivity contribution in [2.75, 3.05) is 13.1 Å². The van der Waals surface area contributed by atoms with Crippen molar-refractivity contribution in [1.29, 1.82) is 0 Å². The van der Waals surface area contributed by atoms with Crippen LogP contribution in [0.4, 0.5) is 0 Å². The average Bonchev–Trinajstić information content (AvgIpc) is 3.00. The lowest BCUT2D eigenvalue weighted by Gasteiger charge is -2.25. The van der Waals surface area contributed by atoms with Crippen molar-refractivity contribution in [3.63, 3.8) is 0 Å². The topological polar surface area (TPSA) is 116 Å². The number of carboxylic acids is 2. The lowest BCUT2D eigenvalue weighted by molar-refractivity contribution is -0.771. The van der Waals surface area contributed by atoms with Crippen molar-refractivity contribution < 1.29 is 29.1 Å². The zero-order valence-corrected chi connectivity index (χ0v) is 16.1. The summed E-state index contributed by atoms with van der Waals surface area (Å²) >= 11 is 0. The van der Waals surface area contributed by atoms with Gasteiger partial charge in [0.1, 0.15) is 6.20 Å². The van der Waals surface area contributed by atoms with Crippen molar-refractivity contribution >= 4 is 24.2 Å². The maximum atomic E-state index is 12.6. The number of carbonyl (C=O) groups is 3. The Morgan fingerprint density at radius 2 is 1.86 bits per heavy atom. The lowest BCUT2D eigenvalue weighted by Crippen LogP contribution is -2.45. The van der Waals surface area contributed by atoms with Crippen LogP contribution < -0.4 is 5.32 Å². The summed E-state index contributed by atoms with van der Waals surface area (Å²) in [5.41, 5.74) is 0.669. The molecule has 1 amide bonds. The number of carbonyl (C=O) groups excluding carboxylic acids is 1. The summed E-state index contributed by atoms with van der Waals surface area (Å²) in [6.07, 6.45) is 7.10. The van der Waals surface area contributed by atoms with E-state index in [4.69, 9.17) is 0 Å². The third-order valence-corrected chi connectivity index (χ3v) is 4.56. The minimum absolute atomic E-state index is 0.0222. The minimum atomic E-state index is -1.19. The van der Waals surface area contributed by atoms with Gasteiger partial charge in [-0.1, -0.05) is 31.4 Å². The summed E-state index contributed by atoms with van der Waals surface area (Å²) in [4.78, 5) is 39.4. The predicted molar refractivity (Wildman–Crippen MR) is 104 cm³/mol. The van der Waals surface area contributed by atoms with Gasteiger partial charge in [-0.05, 0) is 31.9 Å². The van der Waals surface area contributed by atoms with Crippen LogP contribution in [0.25, 0.3) is 0 Å². The molecular weight excluding hydrogens is 362 g/mol. The number of aromatic carboxylic acids is 1. The number of aliphatic carboxylic acids is 1. The van der Waals surface area contributed by atoms with Gasteiger partial charge in [-0.2, -0.15) is 4.99 Å². The Bertz CT molecular complexity index is 831. The number of aliphatic imine (C=N–C) groups is 1. The minimum Gasteiger partial charge on any atom is -0.478 e. The molecule has 1 heterocycles. The molecule has 0 saturated heterocycles. The molecule has 8 heteroatoms. The number of carboxylic acid groups (broad SMARTS) is 2. The third-order valence-electron chi connectivity index (χ3n) is 4.56. The lowest BCUT2D eigenvalue weighted by atomic mass is 10.0. The molecule has 1 unspecified atom stereocenters. The summed E-state index contributed by atoms with van der Waals surface area (Å²) in [5, 5.41) is 21.2. The highest BCUT2D eigenvalue weighted by atomic mass is 16.4. The quantitative estimate of drug-likeness (QED) is 0.421. The van der Waals surface area contributed by atoms with Gasteiger partial charge in [-0.15, -0.1) is 0 Å². The second-order valence-corrected chi connectivity index (χ2v) is 7.01. The van der Waals surface area contributed by atoms with E-state index in [9.17, 15) is 24.6 Å². The SMILES string of the molecule is CCCCCC[N+]1(CC(=O)O)C=NC(NC(=O)c2ccc(C)cc2C(=O)O)=C1. The first-order chi connectivity index (χ1) is 13.3. The Morgan fingerprint density at radius 1 is 1.11 bits per heavy atom. The number of rotatable bonds is 10. The van der Waals surface area contributed by atoms with Crippen LogP contribution >= 0.6 is 0 Å². The first-order valence-electron chi connectivity index (χ1n) is 9.28. The molecule has 0 bridgehead atoms. The molecule has 2 rings (SSSR count). The van der Waals surface area contributed by atoms with E-state index in [-0.39, 0.29) is 28.0 Å². The van der Waals surface area contributed by atoms with Crippen LogP contribution in [0.2, 0.25) is 0 Å². The molecule has 1 aromatic rings. The summed E-state index contributed by atoms with van der Waals surface area (Å²) in [6, 6.07) is 4.55. The molecule has 0 radical (unpaired) electrons. The number of nitrogens with one attached hydrogen (secondary N) is 1. The Hall–Kier alpha value is -3.00. The van der Waals surface area contributed by atoms with E-state index < -0.39 is 17.8 Å². The van der Waals surface area contributed by atoms with Crippen molar-refractivity contribution in [3.05, 3.63) is 46.9 Å². The van der Waals surface area contributed by atoms with E-state index in [1.807, 2.05) is 0 Å². The van der Waals surface area contributed by atoms with Crippen molar-refractivity contribution in [3.8, 4) is 0 Å². The normalized spacial score (nSPS) is 18.0. The Kier molecular flexibility index (Phi) is 7.06. The molecule has 0 aromatic heterocycles. The van der Waals surface area contributed by atoms with Gasteiger partial charge in [-0.3, -0.25) is 4.79 Å². The van der Waals surface area contributed by atoms with Gasteiger partial charge in [0.2, 0.25) is 0 Å². The van der Waals surface area contributed by atoms with Crippen LogP contribution in [-0.2, 0) is 4.79 Å². The van der Waals surface area contributed by atoms with E-state index in [0.717, 1.165) is 31.2 Å². The van der Waals surface area contributed by atoms with Gasteiger partial charge >= 0.3 is 11.9 Å². The fraction of sp³-hybridized carbons (Fsp3) is 0.400. The first-order valence-corrected chi connectivity index (χ1v) is 9.28. The van der Waals surface area contributed by atoms with Crippen LogP contribution in [0.15, 0.2) is 35.2 Å². The van der Waals surface area contributed by atoms with Gasteiger partial charge in [0.05, 0.1) is 17.7 Å². The standard InChI is InChI=1S/C20H25N3O5/c1-3-4-5-6-9-23(12-18(24)25)11-17(21-13-23)22-19(26)15-8-7-14(2)10-16(15)20(27)28/h7-8,10-11,13H,3-6,9,12H2,1-2H3,(H2-,22,24,25,26,27,28)/p+1. The fourth-order valence-corrected chi connectivity index (χ4v) is 3.14. The first kappa shape index (κ1) is 21.3. The Morgan fingerprint density at radius 3 is 2.50 bits per heavy atom. The van der Waals surface area contributed by atoms with Gasteiger partial charge < -0.3 is 15.5 Å². The predicted octanol–water partition coefficient (Wildman–Crippen LogP) is 2.75. The monoisotopic (exact) mass is 388 g/mol. The molecular formula is C20H26N3O5+. The van der Waals surface area contributed by atoms with Gasteiger partial charge in [0.15, 0.2) is 18.7 Å². The largest absolute Gasteiger partial charge is 0.478 e. The Labute approximate surface area is 163 Å². The fourth-order valence-electron chi connectivity index (χ4n) is 3.14. The van der Waals surface area contributed by atoms with Gasteiger partial charge in [0.25, 0.3) is 5.91 Å². The maximum Gasteiger partial charge on any atom is 0.360 e. The number of nitrogens with zero attached hydrogens (tertiary/aromatic N) is 2. The number of amides is 1. The molecule has 0 saturated carbocycles. The molecule has 0 aliphatic carbocycles. The molecule has 3 N–H and O–H groups in total. The van der Waals surface area contributed by atoms with Crippen LogP contribution in [-0.4, -0.2) is 52.0 Å². The number of hydrogen-bond donors (Lipinski definition) is 3. The Balaban J connectivity index is 2.17. The molecule has 0 spiro atoms. The highest BCUT2D eigenvalue weighted by Crippen LogP contribution is 2.19. The smallest absolute Gasteiger partial charge is 0.360 e. The number of aryl methyl sites for hydroxylation is 1. The van der Waals surface area contributed by atoms with E-state index in [2.05, 4.69) is 17.2 Å². The maximum absolute atomic E-state index is 12.6. The molecule has 1 aliphatic heterocycles. The highest BCUT2D eigenvalue weighted by molar-refractivity contribution is 6.05.